The Labute approximate surface area is 235 Å². The van der Waals surface area contributed by atoms with Crippen LogP contribution in [0, 0.1) is 21.7 Å². The molecule has 0 heterocycles. The first-order valence-corrected chi connectivity index (χ1v) is 12.1. The molecule has 0 unspecified atom stereocenters. The lowest BCUT2D eigenvalue weighted by molar-refractivity contribution is -0.383. The third-order valence-corrected chi connectivity index (χ3v) is 6.27. The highest BCUT2D eigenvalue weighted by Crippen LogP contribution is 2.32. The number of ether oxygens (including phenoxy) is 1. The van der Waals surface area contributed by atoms with Gasteiger partial charge in [0.1, 0.15) is 23.1 Å². The Kier molecular flexibility index (Phi) is 8.44. The average Bonchev–Trinajstić information content (AvgIpc) is 2.87. The summed E-state index contributed by atoms with van der Waals surface area (Å²) in [5, 5.41) is 14.5. The number of benzene rings is 4. The summed E-state index contributed by atoms with van der Waals surface area (Å²) >= 11 is 17.9. The Balaban J connectivity index is 1.71. The van der Waals surface area contributed by atoms with Gasteiger partial charge < -0.3 is 10.1 Å². The lowest BCUT2D eigenvalue weighted by Crippen LogP contribution is -2.18. The molecule has 1 amide bonds. The number of carbonyl (C=O) groups excluding carboxylic acids is 2. The van der Waals surface area contributed by atoms with Crippen LogP contribution in [-0.2, 0) is 11.2 Å². The molecule has 0 saturated carbocycles. The van der Waals surface area contributed by atoms with Crippen molar-refractivity contribution in [1.29, 1.82) is 0 Å². The topological polar surface area (TPSA) is 98.5 Å². The Morgan fingerprint density at radius 2 is 1.62 bits per heavy atom. The standard InChI is InChI=1S/C27H15Cl3F2N2O5/c28-16-3-1-15(21(30)11-16)10-26(35)39-25-8-2-14(19-6-5-18(31)13-22(19)32)9-20(25)27(36)33-23-7-4-17(29)12-24(23)34(37)38/h1-9,11-13H,10H2,(H,33,36). The maximum absolute atomic E-state index is 14.5. The summed E-state index contributed by atoms with van der Waals surface area (Å²) in [7, 11) is 0. The minimum absolute atomic E-state index is 0.0336. The van der Waals surface area contributed by atoms with Crippen LogP contribution in [0.4, 0.5) is 20.2 Å². The van der Waals surface area contributed by atoms with E-state index in [0.717, 1.165) is 12.1 Å². The van der Waals surface area contributed by atoms with E-state index in [1.54, 1.807) is 12.1 Å². The minimum atomic E-state index is -0.905. The number of halogens is 5. The van der Waals surface area contributed by atoms with Crippen LogP contribution in [-0.4, -0.2) is 16.8 Å². The molecular formula is C27H15Cl3F2N2O5. The van der Waals surface area contributed by atoms with Gasteiger partial charge in [-0.25, -0.2) is 8.78 Å². The maximum atomic E-state index is 14.5. The molecule has 0 aliphatic rings. The van der Waals surface area contributed by atoms with Crippen molar-refractivity contribution >= 4 is 58.1 Å². The molecule has 4 rings (SSSR count). The van der Waals surface area contributed by atoms with E-state index in [9.17, 15) is 28.5 Å². The lowest BCUT2D eigenvalue weighted by Gasteiger charge is -2.14. The smallest absolute Gasteiger partial charge is 0.315 e. The van der Waals surface area contributed by atoms with E-state index < -0.39 is 34.1 Å². The second-order valence-electron chi connectivity index (χ2n) is 8.09. The third-order valence-electron chi connectivity index (χ3n) is 5.44. The molecule has 0 fully saturated rings. The number of nitrogens with zero attached hydrogens (tertiary/aromatic N) is 1. The molecule has 7 nitrogen and oxygen atoms in total. The highest BCUT2D eigenvalue weighted by Gasteiger charge is 2.22. The zero-order valence-electron chi connectivity index (χ0n) is 19.5. The van der Waals surface area contributed by atoms with E-state index in [1.807, 2.05) is 0 Å². The summed E-state index contributed by atoms with van der Waals surface area (Å²) in [6.07, 6.45) is -0.270. The average molecular weight is 592 g/mol. The van der Waals surface area contributed by atoms with Crippen molar-refractivity contribution in [2.24, 2.45) is 0 Å². The fourth-order valence-corrected chi connectivity index (χ4v) is 4.26. The van der Waals surface area contributed by atoms with Crippen LogP contribution < -0.4 is 10.1 Å². The molecule has 0 spiro atoms. The second-order valence-corrected chi connectivity index (χ2v) is 9.37. The number of anilines is 1. The molecule has 4 aromatic rings. The van der Waals surface area contributed by atoms with Crippen molar-refractivity contribution < 1.29 is 28.0 Å². The van der Waals surface area contributed by atoms with Crippen LogP contribution in [0.25, 0.3) is 11.1 Å². The van der Waals surface area contributed by atoms with Gasteiger partial charge in [-0.1, -0.05) is 46.9 Å². The fourth-order valence-electron chi connectivity index (χ4n) is 3.62. The van der Waals surface area contributed by atoms with E-state index in [2.05, 4.69) is 5.32 Å². The summed E-state index contributed by atoms with van der Waals surface area (Å²) in [6, 6.07) is 14.9. The molecule has 12 heteroatoms. The predicted molar refractivity (Wildman–Crippen MR) is 144 cm³/mol. The summed E-state index contributed by atoms with van der Waals surface area (Å²) in [5.41, 5.74) is -0.377. The molecule has 198 valence electrons. The van der Waals surface area contributed by atoms with Gasteiger partial charge in [-0.05, 0) is 59.7 Å². The molecule has 0 aliphatic heterocycles. The van der Waals surface area contributed by atoms with Crippen molar-refractivity contribution in [2.45, 2.75) is 6.42 Å². The van der Waals surface area contributed by atoms with Crippen molar-refractivity contribution in [1.82, 2.24) is 0 Å². The fraction of sp³-hybridized carbons (Fsp3) is 0.0370. The second kappa shape index (κ2) is 11.8. The van der Waals surface area contributed by atoms with Crippen LogP contribution in [0.2, 0.25) is 15.1 Å². The highest BCUT2D eigenvalue weighted by molar-refractivity contribution is 6.35. The zero-order valence-corrected chi connectivity index (χ0v) is 21.8. The summed E-state index contributed by atoms with van der Waals surface area (Å²) in [5.74, 6) is -3.60. The van der Waals surface area contributed by atoms with Crippen molar-refractivity contribution in [2.75, 3.05) is 5.32 Å². The van der Waals surface area contributed by atoms with Crippen LogP contribution >= 0.6 is 34.8 Å². The van der Waals surface area contributed by atoms with E-state index >= 15 is 0 Å². The number of nitrogens with one attached hydrogen (secondary N) is 1. The summed E-state index contributed by atoms with van der Waals surface area (Å²) in [4.78, 5) is 36.8. The van der Waals surface area contributed by atoms with Gasteiger partial charge >= 0.3 is 5.97 Å². The van der Waals surface area contributed by atoms with Gasteiger partial charge in [-0.2, -0.15) is 0 Å². The number of esters is 1. The molecule has 4 aromatic carbocycles. The first-order valence-electron chi connectivity index (χ1n) is 11.0. The number of nitro groups is 1. The predicted octanol–water partition coefficient (Wildman–Crippen LogP) is 7.90. The van der Waals surface area contributed by atoms with Crippen LogP contribution in [0.1, 0.15) is 15.9 Å². The normalized spacial score (nSPS) is 10.7. The van der Waals surface area contributed by atoms with Crippen LogP contribution in [0.5, 0.6) is 5.75 Å². The van der Waals surface area contributed by atoms with E-state index in [0.29, 0.717) is 16.7 Å². The molecule has 0 aromatic heterocycles. The van der Waals surface area contributed by atoms with Gasteiger partial charge in [-0.15, -0.1) is 0 Å². The Hall–Kier alpha value is -4.05. The molecule has 0 radical (unpaired) electrons. The SMILES string of the molecule is O=C(Cc1ccc(Cl)cc1Cl)Oc1ccc(-c2ccc(F)cc2F)cc1C(=O)Nc1ccc(Cl)cc1[N+](=O)[O-]. The molecule has 1 N–H and O–H groups in total. The number of amides is 1. The number of nitro benzene ring substituents is 1. The maximum Gasteiger partial charge on any atom is 0.315 e. The zero-order chi connectivity index (χ0) is 28.3. The van der Waals surface area contributed by atoms with Gasteiger partial charge in [-0.3, -0.25) is 19.7 Å². The molecule has 0 atom stereocenters. The monoisotopic (exact) mass is 590 g/mol. The van der Waals surface area contributed by atoms with Gasteiger partial charge in [0.25, 0.3) is 11.6 Å². The van der Waals surface area contributed by atoms with Crippen molar-refractivity contribution in [3.05, 3.63) is 121 Å². The van der Waals surface area contributed by atoms with E-state index in [1.165, 1.54) is 42.5 Å². The van der Waals surface area contributed by atoms with Crippen LogP contribution in [0.3, 0.4) is 0 Å². The van der Waals surface area contributed by atoms with Crippen molar-refractivity contribution in [3.8, 4) is 16.9 Å². The molecule has 39 heavy (non-hydrogen) atoms. The Morgan fingerprint density at radius 1 is 0.897 bits per heavy atom. The highest BCUT2D eigenvalue weighted by atomic mass is 35.5. The van der Waals surface area contributed by atoms with E-state index in [4.69, 9.17) is 39.5 Å². The summed E-state index contributed by atoms with van der Waals surface area (Å²) in [6.45, 7) is 0. The molecule has 0 saturated heterocycles. The quantitative estimate of drug-likeness (QED) is 0.102. The van der Waals surface area contributed by atoms with Gasteiger partial charge in [0.2, 0.25) is 0 Å². The molecule has 0 aliphatic carbocycles. The van der Waals surface area contributed by atoms with E-state index in [-0.39, 0.29) is 44.6 Å². The largest absolute Gasteiger partial charge is 0.425 e. The van der Waals surface area contributed by atoms with Gasteiger partial charge in [0, 0.05) is 32.8 Å². The molecule has 0 bridgehead atoms. The van der Waals surface area contributed by atoms with Gasteiger partial charge in [0.15, 0.2) is 0 Å². The van der Waals surface area contributed by atoms with Crippen LogP contribution in [0.15, 0.2) is 72.8 Å². The number of rotatable bonds is 7. The Morgan fingerprint density at radius 3 is 2.31 bits per heavy atom. The molecular weight excluding hydrogens is 577 g/mol. The Bertz CT molecular complexity index is 1630. The number of hydrogen-bond acceptors (Lipinski definition) is 5. The lowest BCUT2D eigenvalue weighted by atomic mass is 10.0. The summed E-state index contributed by atoms with van der Waals surface area (Å²) < 4.78 is 33.3. The first kappa shape index (κ1) is 28.0. The minimum Gasteiger partial charge on any atom is -0.425 e. The van der Waals surface area contributed by atoms with Crippen molar-refractivity contribution in [3.63, 3.8) is 0 Å². The number of hydrogen-bond donors (Lipinski definition) is 1. The third kappa shape index (κ3) is 6.69. The first-order chi connectivity index (χ1) is 18.5. The number of carbonyl (C=O) groups is 2. The van der Waals surface area contributed by atoms with Gasteiger partial charge in [0.05, 0.1) is 16.9 Å².